The molecule has 3 unspecified atom stereocenters. The van der Waals surface area contributed by atoms with Crippen molar-refractivity contribution in [3.05, 3.63) is 54.1 Å². The van der Waals surface area contributed by atoms with Crippen LogP contribution in [0.4, 0.5) is 0 Å². The molecule has 0 bridgehead atoms. The topological polar surface area (TPSA) is 106 Å². The Morgan fingerprint density at radius 1 is 1.16 bits per heavy atom. The van der Waals surface area contributed by atoms with E-state index in [0.29, 0.717) is 19.6 Å². The number of nitrogens with one attached hydrogen (secondary N) is 1. The lowest BCUT2D eigenvalue weighted by atomic mass is 9.99. The number of methoxy groups -OCH3 is 1. The third kappa shape index (κ3) is 6.13. The van der Waals surface area contributed by atoms with Crippen LogP contribution in [0.25, 0.3) is 11.1 Å². The Morgan fingerprint density at radius 3 is 2.35 bits per heavy atom. The highest BCUT2D eigenvalue weighted by Gasteiger charge is 2.31. The molecule has 0 saturated heterocycles. The number of ether oxygens (including phenoxy) is 2. The van der Waals surface area contributed by atoms with Crippen molar-refractivity contribution >= 4 is 22.4 Å². The van der Waals surface area contributed by atoms with E-state index in [0.717, 1.165) is 28.2 Å². The molecule has 8 nitrogen and oxygen atoms in total. The number of hydroxylamine groups is 1. The Bertz CT molecular complexity index is 930. The Morgan fingerprint density at radius 2 is 1.77 bits per heavy atom. The molecule has 2 aromatic rings. The lowest BCUT2D eigenvalue weighted by Gasteiger charge is -2.15. The fraction of sp³-hybridized carbons (Fsp3) is 0.364. The largest absolute Gasteiger partial charge is 0.491 e. The van der Waals surface area contributed by atoms with Crippen LogP contribution in [0, 0.1) is 0 Å². The molecule has 9 heteroatoms. The minimum absolute atomic E-state index is 0.208. The summed E-state index contributed by atoms with van der Waals surface area (Å²) in [6.07, 6.45) is 1.76. The van der Waals surface area contributed by atoms with Gasteiger partial charge in [-0.25, -0.2) is 5.48 Å². The molecule has 31 heavy (non-hydrogen) atoms. The average molecular weight is 447 g/mol. The number of oxime groups is 1. The molecule has 0 fully saturated rings. The van der Waals surface area contributed by atoms with Crippen LogP contribution < -0.4 is 10.2 Å². The van der Waals surface area contributed by atoms with Gasteiger partial charge in [0.15, 0.2) is 0 Å². The van der Waals surface area contributed by atoms with E-state index in [1.165, 1.54) is 6.26 Å². The number of hydrogen-bond donors (Lipinski definition) is 2. The Hall–Kier alpha value is -2.75. The first kappa shape index (κ1) is 22.9. The molecule has 1 heterocycles. The molecule has 2 aromatic carbocycles. The van der Waals surface area contributed by atoms with E-state index < -0.39 is 22.0 Å². The average Bonchev–Trinajstić information content (AvgIpc) is 3.26. The van der Waals surface area contributed by atoms with Crippen molar-refractivity contribution in [2.75, 3.05) is 26.6 Å². The van der Waals surface area contributed by atoms with E-state index in [1.807, 2.05) is 48.5 Å². The normalized spacial score (nSPS) is 17.4. The molecule has 0 saturated carbocycles. The number of benzene rings is 2. The number of carbonyl (C=O) groups excluding carboxylic acids is 1. The molecule has 0 spiro atoms. The molecular formula is C22H26N2O6S. The van der Waals surface area contributed by atoms with Gasteiger partial charge >= 0.3 is 0 Å². The maximum atomic E-state index is 11.8. The maximum absolute atomic E-state index is 11.8. The summed E-state index contributed by atoms with van der Waals surface area (Å²) in [7, 11) is 0.206. The van der Waals surface area contributed by atoms with Gasteiger partial charge in [0.1, 0.15) is 23.7 Å². The van der Waals surface area contributed by atoms with Crippen LogP contribution in [-0.2, 0) is 25.2 Å². The minimum atomic E-state index is -1.43. The van der Waals surface area contributed by atoms with Crippen molar-refractivity contribution in [1.29, 1.82) is 0 Å². The van der Waals surface area contributed by atoms with Gasteiger partial charge in [0.05, 0.1) is 12.3 Å². The number of nitrogens with zero attached hydrogens (tertiary/aromatic N) is 1. The first-order chi connectivity index (χ1) is 15.0. The molecule has 1 aliphatic heterocycles. The van der Waals surface area contributed by atoms with Crippen molar-refractivity contribution in [2.24, 2.45) is 5.16 Å². The molecule has 0 aliphatic carbocycles. The van der Waals surface area contributed by atoms with Gasteiger partial charge in [-0.05, 0) is 28.8 Å². The van der Waals surface area contributed by atoms with Crippen molar-refractivity contribution in [3.8, 4) is 16.9 Å². The van der Waals surface area contributed by atoms with E-state index in [2.05, 4.69) is 5.16 Å². The Labute approximate surface area is 183 Å². The monoisotopic (exact) mass is 446 g/mol. The van der Waals surface area contributed by atoms with Crippen molar-refractivity contribution in [2.45, 2.75) is 24.2 Å². The predicted molar refractivity (Wildman–Crippen MR) is 118 cm³/mol. The number of hydrogen-bond acceptors (Lipinski definition) is 7. The maximum Gasteiger partial charge on any atom is 0.259 e. The molecule has 1 amide bonds. The van der Waals surface area contributed by atoms with Crippen LogP contribution in [0.1, 0.15) is 18.4 Å². The summed E-state index contributed by atoms with van der Waals surface area (Å²) in [4.78, 5) is 17.1. The minimum Gasteiger partial charge on any atom is -0.491 e. The van der Waals surface area contributed by atoms with Crippen molar-refractivity contribution in [3.63, 3.8) is 0 Å². The quantitative estimate of drug-likeness (QED) is 0.330. The highest BCUT2D eigenvalue weighted by atomic mass is 32.2. The van der Waals surface area contributed by atoms with Gasteiger partial charge in [-0.1, -0.05) is 41.6 Å². The zero-order chi connectivity index (χ0) is 22.2. The smallest absolute Gasteiger partial charge is 0.259 e. The molecular weight excluding hydrogens is 420 g/mol. The van der Waals surface area contributed by atoms with Crippen LogP contribution in [-0.4, -0.2) is 59.0 Å². The summed E-state index contributed by atoms with van der Waals surface area (Å²) in [5.41, 5.74) is 5.38. The third-order valence-electron chi connectivity index (χ3n) is 4.98. The van der Waals surface area contributed by atoms with E-state index in [9.17, 15) is 9.00 Å². The molecule has 166 valence electrons. The van der Waals surface area contributed by atoms with Crippen LogP contribution in [0.5, 0.6) is 5.75 Å². The SMILES string of the molecule is COCCOc1ccc(-c2ccc(C3=NOC(CC(C(=O)NO)S(C)=O)C3)cc2)cc1. The first-order valence-electron chi connectivity index (χ1n) is 9.83. The van der Waals surface area contributed by atoms with E-state index in [-0.39, 0.29) is 12.5 Å². The molecule has 3 rings (SSSR count). The van der Waals surface area contributed by atoms with Gasteiger partial charge in [-0.15, -0.1) is 0 Å². The van der Waals surface area contributed by atoms with Gasteiger partial charge in [0.2, 0.25) is 0 Å². The summed E-state index contributed by atoms with van der Waals surface area (Å²) in [5.74, 6) is 0.111. The van der Waals surface area contributed by atoms with Gasteiger partial charge in [-0.2, -0.15) is 0 Å². The highest BCUT2D eigenvalue weighted by Crippen LogP contribution is 2.26. The van der Waals surface area contributed by atoms with Crippen LogP contribution in [0.2, 0.25) is 0 Å². The zero-order valence-electron chi connectivity index (χ0n) is 17.4. The number of carbonyl (C=O) groups is 1. The first-order valence-corrected chi connectivity index (χ1v) is 11.5. The van der Waals surface area contributed by atoms with Crippen molar-refractivity contribution < 1.29 is 28.5 Å². The second-order valence-corrected chi connectivity index (χ2v) is 8.68. The Balaban J connectivity index is 1.59. The lowest BCUT2D eigenvalue weighted by molar-refractivity contribution is -0.129. The summed E-state index contributed by atoms with van der Waals surface area (Å²) >= 11 is 0. The van der Waals surface area contributed by atoms with Gasteiger partial charge < -0.3 is 14.3 Å². The van der Waals surface area contributed by atoms with E-state index in [4.69, 9.17) is 19.5 Å². The summed E-state index contributed by atoms with van der Waals surface area (Å²) in [5, 5.41) is 12.1. The third-order valence-corrected chi connectivity index (χ3v) is 6.18. The molecule has 1 aliphatic rings. The second kappa shape index (κ2) is 11.0. The van der Waals surface area contributed by atoms with E-state index in [1.54, 1.807) is 12.6 Å². The van der Waals surface area contributed by atoms with Crippen molar-refractivity contribution in [1.82, 2.24) is 5.48 Å². The van der Waals surface area contributed by atoms with Crippen LogP contribution >= 0.6 is 0 Å². The zero-order valence-corrected chi connectivity index (χ0v) is 18.3. The summed E-state index contributed by atoms with van der Waals surface area (Å²) < 4.78 is 22.3. The molecule has 0 radical (unpaired) electrons. The van der Waals surface area contributed by atoms with Gasteiger partial charge in [0, 0.05) is 37.0 Å². The molecule has 0 aromatic heterocycles. The number of rotatable bonds is 10. The van der Waals surface area contributed by atoms with Gasteiger partial charge in [0.25, 0.3) is 5.91 Å². The molecule has 3 atom stereocenters. The predicted octanol–water partition coefficient (Wildman–Crippen LogP) is 2.51. The molecule has 2 N–H and O–H groups in total. The summed E-state index contributed by atoms with van der Waals surface area (Å²) in [6.45, 7) is 1.05. The highest BCUT2D eigenvalue weighted by molar-refractivity contribution is 7.85. The van der Waals surface area contributed by atoms with E-state index >= 15 is 0 Å². The summed E-state index contributed by atoms with van der Waals surface area (Å²) in [6, 6.07) is 15.8. The van der Waals surface area contributed by atoms with Gasteiger partial charge in [-0.3, -0.25) is 14.2 Å². The van der Waals surface area contributed by atoms with Crippen LogP contribution in [0.3, 0.4) is 0 Å². The van der Waals surface area contributed by atoms with Crippen LogP contribution in [0.15, 0.2) is 53.7 Å². The lowest BCUT2D eigenvalue weighted by Crippen LogP contribution is -2.37. The standard InChI is InChI=1S/C22H26N2O6S/c1-28-11-12-29-18-9-7-16(8-10-18)15-3-5-17(6-4-15)20-13-19(30-24-20)14-21(31(2)27)22(25)23-26/h3-10,19,21,26H,11-14H2,1-2H3,(H,23,25). The number of amides is 1. The Kier molecular flexibility index (Phi) is 8.16. The fourth-order valence-electron chi connectivity index (χ4n) is 3.27. The fourth-order valence-corrected chi connectivity index (χ4v) is 4.11. The second-order valence-electron chi connectivity index (χ2n) is 7.11.